The lowest BCUT2D eigenvalue weighted by molar-refractivity contribution is -0.278. The second-order valence-electron chi connectivity index (χ2n) is 2.31. The van der Waals surface area contributed by atoms with Gasteiger partial charge in [-0.25, -0.2) is 5.26 Å². The molecule has 0 bridgehead atoms. The van der Waals surface area contributed by atoms with E-state index in [0.29, 0.717) is 11.3 Å². The SMILES string of the molecule is Cc1cccc(OCOO)c1O. The first-order valence-electron chi connectivity index (χ1n) is 3.43. The van der Waals surface area contributed by atoms with Crippen LogP contribution in [0.4, 0.5) is 0 Å². The van der Waals surface area contributed by atoms with Crippen molar-refractivity contribution in [2.75, 3.05) is 6.79 Å². The third kappa shape index (κ3) is 1.87. The number of ether oxygens (including phenoxy) is 1. The van der Waals surface area contributed by atoms with E-state index in [-0.39, 0.29) is 12.5 Å². The van der Waals surface area contributed by atoms with Gasteiger partial charge in [-0.3, -0.25) is 0 Å². The van der Waals surface area contributed by atoms with Crippen LogP contribution < -0.4 is 4.74 Å². The van der Waals surface area contributed by atoms with E-state index in [1.54, 1.807) is 25.1 Å². The van der Waals surface area contributed by atoms with Gasteiger partial charge in [-0.1, -0.05) is 12.1 Å². The molecule has 0 amide bonds. The maximum Gasteiger partial charge on any atom is 0.221 e. The molecule has 0 aliphatic carbocycles. The Bertz CT molecular complexity index is 259. The molecule has 4 nitrogen and oxygen atoms in total. The molecule has 0 unspecified atom stereocenters. The summed E-state index contributed by atoms with van der Waals surface area (Å²) in [6.07, 6.45) is 0. The smallest absolute Gasteiger partial charge is 0.221 e. The van der Waals surface area contributed by atoms with Crippen LogP contribution in [-0.4, -0.2) is 17.2 Å². The van der Waals surface area contributed by atoms with Gasteiger partial charge in [-0.15, -0.1) is 0 Å². The molecule has 4 heteroatoms. The van der Waals surface area contributed by atoms with Crippen molar-refractivity contribution in [1.82, 2.24) is 0 Å². The molecule has 0 aliphatic rings. The Kier molecular flexibility index (Phi) is 2.90. The quantitative estimate of drug-likeness (QED) is 0.410. The molecule has 0 spiro atoms. The third-order valence-corrected chi connectivity index (χ3v) is 1.47. The summed E-state index contributed by atoms with van der Waals surface area (Å²) in [5.74, 6) is 0.360. The number of rotatable bonds is 3. The van der Waals surface area contributed by atoms with Crippen LogP contribution >= 0.6 is 0 Å². The number of benzene rings is 1. The summed E-state index contributed by atoms with van der Waals surface area (Å²) in [4.78, 5) is 3.71. The highest BCUT2D eigenvalue weighted by Gasteiger charge is 2.03. The van der Waals surface area contributed by atoms with E-state index in [1.165, 1.54) is 0 Å². The van der Waals surface area contributed by atoms with E-state index >= 15 is 0 Å². The second kappa shape index (κ2) is 3.94. The number of hydrogen-bond acceptors (Lipinski definition) is 4. The van der Waals surface area contributed by atoms with Crippen LogP contribution in [0.5, 0.6) is 11.5 Å². The fourth-order valence-corrected chi connectivity index (χ4v) is 0.838. The molecule has 1 aromatic rings. The van der Waals surface area contributed by atoms with Gasteiger partial charge in [0.2, 0.25) is 6.79 Å². The van der Waals surface area contributed by atoms with Crippen LogP contribution in [0.1, 0.15) is 5.56 Å². The van der Waals surface area contributed by atoms with Crippen LogP contribution in [0.3, 0.4) is 0 Å². The zero-order valence-corrected chi connectivity index (χ0v) is 6.65. The molecule has 0 saturated carbocycles. The summed E-state index contributed by atoms with van der Waals surface area (Å²) in [7, 11) is 0. The largest absolute Gasteiger partial charge is 0.504 e. The molecule has 1 rings (SSSR count). The molecule has 1 aromatic carbocycles. The first kappa shape index (κ1) is 8.83. The van der Waals surface area contributed by atoms with E-state index in [9.17, 15) is 5.11 Å². The highest BCUT2D eigenvalue weighted by molar-refractivity contribution is 5.44. The van der Waals surface area contributed by atoms with Crippen LogP contribution in [0.25, 0.3) is 0 Å². The van der Waals surface area contributed by atoms with Crippen LogP contribution in [0.15, 0.2) is 18.2 Å². The van der Waals surface area contributed by atoms with Crippen molar-refractivity contribution in [2.24, 2.45) is 0 Å². The van der Waals surface area contributed by atoms with E-state index in [1.807, 2.05) is 0 Å². The summed E-state index contributed by atoms with van der Waals surface area (Å²) >= 11 is 0. The molecule has 12 heavy (non-hydrogen) atoms. The molecule has 0 heterocycles. The van der Waals surface area contributed by atoms with Crippen molar-refractivity contribution in [2.45, 2.75) is 6.92 Å². The summed E-state index contributed by atoms with van der Waals surface area (Å²) in [6, 6.07) is 5.07. The van der Waals surface area contributed by atoms with Gasteiger partial charge in [-0.2, -0.15) is 4.89 Å². The third-order valence-electron chi connectivity index (χ3n) is 1.47. The minimum absolute atomic E-state index is 0.0644. The van der Waals surface area contributed by atoms with Crippen LogP contribution in [-0.2, 0) is 4.89 Å². The zero-order valence-electron chi connectivity index (χ0n) is 6.65. The van der Waals surface area contributed by atoms with E-state index in [0.717, 1.165) is 0 Å². The van der Waals surface area contributed by atoms with Crippen LogP contribution in [0.2, 0.25) is 0 Å². The van der Waals surface area contributed by atoms with Gasteiger partial charge in [0.1, 0.15) is 0 Å². The first-order valence-corrected chi connectivity index (χ1v) is 3.43. The lowest BCUT2D eigenvalue weighted by Gasteiger charge is -2.06. The van der Waals surface area contributed by atoms with Gasteiger partial charge >= 0.3 is 0 Å². The Labute approximate surface area is 69.9 Å². The molecule has 0 atom stereocenters. The number of hydrogen-bond donors (Lipinski definition) is 2. The van der Waals surface area contributed by atoms with E-state index in [2.05, 4.69) is 4.89 Å². The minimum atomic E-state index is -0.295. The number of aryl methyl sites for hydroxylation is 1. The topological polar surface area (TPSA) is 58.9 Å². The number of phenolic OH excluding ortho intramolecular Hbond substituents is 1. The predicted octanol–water partition coefficient (Wildman–Crippen LogP) is 1.53. The van der Waals surface area contributed by atoms with Crippen molar-refractivity contribution in [3.8, 4) is 11.5 Å². The second-order valence-corrected chi connectivity index (χ2v) is 2.31. The maximum absolute atomic E-state index is 9.36. The van der Waals surface area contributed by atoms with Gasteiger partial charge in [0.15, 0.2) is 11.5 Å². The first-order chi connectivity index (χ1) is 5.75. The number of para-hydroxylation sites is 1. The lowest BCUT2D eigenvalue weighted by atomic mass is 10.2. The van der Waals surface area contributed by atoms with Gasteiger partial charge in [0.05, 0.1) is 0 Å². The Morgan fingerprint density at radius 3 is 2.83 bits per heavy atom. The van der Waals surface area contributed by atoms with Gasteiger partial charge in [0, 0.05) is 0 Å². The van der Waals surface area contributed by atoms with Crippen molar-refractivity contribution in [3.05, 3.63) is 23.8 Å². The van der Waals surface area contributed by atoms with E-state index < -0.39 is 0 Å². The molecule has 0 saturated heterocycles. The highest BCUT2D eigenvalue weighted by Crippen LogP contribution is 2.28. The lowest BCUT2D eigenvalue weighted by Crippen LogP contribution is -1.99. The molecule has 0 fully saturated rings. The normalized spacial score (nSPS) is 9.83. The molecule has 0 aliphatic heterocycles. The minimum Gasteiger partial charge on any atom is -0.504 e. The molecule has 0 aromatic heterocycles. The van der Waals surface area contributed by atoms with Crippen molar-refractivity contribution in [1.29, 1.82) is 0 Å². The van der Waals surface area contributed by atoms with Gasteiger partial charge in [-0.05, 0) is 18.6 Å². The average Bonchev–Trinajstić information content (AvgIpc) is 2.08. The molecular weight excluding hydrogens is 160 g/mol. The number of aromatic hydroxyl groups is 1. The fraction of sp³-hybridized carbons (Fsp3) is 0.250. The molecular formula is C8H10O4. The van der Waals surface area contributed by atoms with Crippen molar-refractivity contribution < 1.29 is 20.0 Å². The Balaban J connectivity index is 2.78. The Morgan fingerprint density at radius 2 is 2.17 bits per heavy atom. The highest BCUT2D eigenvalue weighted by atomic mass is 17.1. The molecule has 0 radical (unpaired) electrons. The Morgan fingerprint density at radius 1 is 1.42 bits per heavy atom. The summed E-state index contributed by atoms with van der Waals surface area (Å²) in [5, 5.41) is 17.3. The average molecular weight is 170 g/mol. The molecule has 2 N–H and O–H groups in total. The fourth-order valence-electron chi connectivity index (χ4n) is 0.838. The van der Waals surface area contributed by atoms with E-state index in [4.69, 9.17) is 9.99 Å². The zero-order chi connectivity index (χ0) is 8.97. The summed E-state index contributed by atoms with van der Waals surface area (Å²) in [5.41, 5.74) is 0.713. The van der Waals surface area contributed by atoms with Gasteiger partial charge in [0.25, 0.3) is 0 Å². The maximum atomic E-state index is 9.36. The van der Waals surface area contributed by atoms with Gasteiger partial charge < -0.3 is 9.84 Å². The predicted molar refractivity (Wildman–Crippen MR) is 42.1 cm³/mol. The number of phenols is 1. The standard InChI is InChI=1S/C8H10O4/c1-6-3-2-4-7(8(6)9)11-5-12-10/h2-4,9-10H,5H2,1H3. The van der Waals surface area contributed by atoms with Crippen molar-refractivity contribution >= 4 is 0 Å². The van der Waals surface area contributed by atoms with Crippen molar-refractivity contribution in [3.63, 3.8) is 0 Å². The van der Waals surface area contributed by atoms with Crippen LogP contribution in [0, 0.1) is 6.92 Å². The molecule has 66 valence electrons. The Hall–Kier alpha value is -1.26. The summed E-state index contributed by atoms with van der Waals surface area (Å²) in [6.45, 7) is 1.46. The monoisotopic (exact) mass is 170 g/mol. The summed E-state index contributed by atoms with van der Waals surface area (Å²) < 4.78 is 4.84.